The zero-order chi connectivity index (χ0) is 16.5. The van der Waals surface area contributed by atoms with E-state index in [1.165, 1.54) is 11.5 Å². The van der Waals surface area contributed by atoms with Crippen LogP contribution >= 0.6 is 11.5 Å². The van der Waals surface area contributed by atoms with Crippen molar-refractivity contribution in [3.63, 3.8) is 0 Å². The molecule has 0 saturated carbocycles. The van der Waals surface area contributed by atoms with Gasteiger partial charge in [0.25, 0.3) is 5.56 Å². The van der Waals surface area contributed by atoms with Crippen LogP contribution in [0, 0.1) is 0 Å². The van der Waals surface area contributed by atoms with E-state index in [1.54, 1.807) is 29.5 Å². The van der Waals surface area contributed by atoms with Crippen LogP contribution in [0.15, 0.2) is 65.7 Å². The first-order valence-electron chi connectivity index (χ1n) is 7.35. The number of nitrogens with zero attached hydrogens (tertiary/aromatic N) is 3. The van der Waals surface area contributed by atoms with E-state index in [9.17, 15) is 4.79 Å². The maximum Gasteiger partial charge on any atom is 0.274 e. The molecule has 1 aromatic carbocycles. The van der Waals surface area contributed by atoms with Crippen LogP contribution in [0.5, 0.6) is 5.88 Å². The molecule has 0 aliphatic carbocycles. The summed E-state index contributed by atoms with van der Waals surface area (Å²) in [7, 11) is 1.58. The van der Waals surface area contributed by atoms with Crippen LogP contribution in [0.25, 0.3) is 27.0 Å². The minimum absolute atomic E-state index is 0.0583. The van der Waals surface area contributed by atoms with Crippen LogP contribution in [0.2, 0.25) is 0 Å². The summed E-state index contributed by atoms with van der Waals surface area (Å²) in [5.74, 6) is 1.15. The molecule has 0 unspecified atom stereocenters. The van der Waals surface area contributed by atoms with E-state index >= 15 is 0 Å². The number of fused-ring (bicyclic) bond motifs is 1. The lowest BCUT2D eigenvalue weighted by molar-refractivity contribution is 0.398. The number of hydrogen-bond acceptors (Lipinski definition) is 5. The van der Waals surface area contributed by atoms with Gasteiger partial charge in [-0.2, -0.15) is 0 Å². The summed E-state index contributed by atoms with van der Waals surface area (Å²) in [6, 6.07) is 15.1. The van der Waals surface area contributed by atoms with Crippen molar-refractivity contribution in [2.24, 2.45) is 0 Å². The molecule has 5 nitrogen and oxygen atoms in total. The van der Waals surface area contributed by atoms with E-state index in [1.807, 2.05) is 42.5 Å². The van der Waals surface area contributed by atoms with Gasteiger partial charge in [0.05, 0.1) is 17.2 Å². The lowest BCUT2D eigenvalue weighted by Crippen LogP contribution is -2.13. The van der Waals surface area contributed by atoms with Gasteiger partial charge in [0.1, 0.15) is 0 Å². The summed E-state index contributed by atoms with van der Waals surface area (Å²) in [6.07, 6.45) is 3.41. The van der Waals surface area contributed by atoms with E-state index in [4.69, 9.17) is 4.74 Å². The Hall–Kier alpha value is -2.99. The van der Waals surface area contributed by atoms with Crippen LogP contribution in [0.3, 0.4) is 0 Å². The first kappa shape index (κ1) is 14.6. The molecule has 3 heterocycles. The number of rotatable bonds is 3. The van der Waals surface area contributed by atoms with Crippen molar-refractivity contribution in [2.75, 3.05) is 7.11 Å². The van der Waals surface area contributed by atoms with Crippen molar-refractivity contribution < 1.29 is 4.74 Å². The topological polar surface area (TPSA) is 57.0 Å². The van der Waals surface area contributed by atoms with Gasteiger partial charge in [-0.1, -0.05) is 12.1 Å². The molecule has 0 aliphatic rings. The predicted octanol–water partition coefficient (Wildman–Crippen LogP) is 3.52. The molecule has 6 heteroatoms. The van der Waals surface area contributed by atoms with Gasteiger partial charge in [-0.25, -0.2) is 13.9 Å². The van der Waals surface area contributed by atoms with Crippen molar-refractivity contribution in [1.29, 1.82) is 0 Å². The molecular weight excluding hydrogens is 322 g/mol. The van der Waals surface area contributed by atoms with Gasteiger partial charge in [0.15, 0.2) is 5.82 Å². The van der Waals surface area contributed by atoms with Gasteiger partial charge >= 0.3 is 0 Å². The Morgan fingerprint density at radius 2 is 1.92 bits per heavy atom. The van der Waals surface area contributed by atoms with Crippen LogP contribution < -0.4 is 10.3 Å². The van der Waals surface area contributed by atoms with E-state index in [-0.39, 0.29) is 5.56 Å². The molecule has 3 aromatic heterocycles. The van der Waals surface area contributed by atoms with Gasteiger partial charge in [-0.05, 0) is 41.9 Å². The third kappa shape index (κ3) is 2.37. The number of pyridine rings is 2. The molecular formula is C18H13N3O2S. The van der Waals surface area contributed by atoms with E-state index < -0.39 is 0 Å². The average Bonchev–Trinajstić information content (AvgIpc) is 2.99. The molecule has 118 valence electrons. The predicted molar refractivity (Wildman–Crippen MR) is 95.0 cm³/mol. The molecule has 0 aliphatic heterocycles. The highest BCUT2D eigenvalue weighted by Gasteiger charge is 2.14. The fourth-order valence-corrected chi connectivity index (χ4v) is 3.56. The van der Waals surface area contributed by atoms with Crippen molar-refractivity contribution in [1.82, 2.24) is 13.9 Å². The van der Waals surface area contributed by atoms with Gasteiger partial charge in [0, 0.05) is 29.6 Å². The normalized spacial score (nSPS) is 10.9. The third-order valence-corrected chi connectivity index (χ3v) is 4.80. The number of aromatic nitrogens is 3. The highest BCUT2D eigenvalue weighted by molar-refractivity contribution is 7.14. The van der Waals surface area contributed by atoms with Crippen molar-refractivity contribution in [2.45, 2.75) is 0 Å². The van der Waals surface area contributed by atoms with Crippen molar-refractivity contribution in [3.05, 3.63) is 71.3 Å². The van der Waals surface area contributed by atoms with Gasteiger partial charge in [-0.3, -0.25) is 4.79 Å². The Labute approximate surface area is 142 Å². The number of benzene rings is 1. The summed E-state index contributed by atoms with van der Waals surface area (Å²) in [5.41, 5.74) is 1.67. The van der Waals surface area contributed by atoms with Crippen molar-refractivity contribution >= 4 is 21.6 Å². The molecule has 24 heavy (non-hydrogen) atoms. The second-order valence-corrected chi connectivity index (χ2v) is 6.14. The van der Waals surface area contributed by atoms with Crippen LogP contribution in [-0.4, -0.2) is 21.0 Å². The zero-order valence-corrected chi connectivity index (χ0v) is 13.7. The molecule has 0 amide bonds. The molecule has 0 fully saturated rings. The monoisotopic (exact) mass is 335 g/mol. The van der Waals surface area contributed by atoms with Crippen LogP contribution in [0.1, 0.15) is 0 Å². The molecule has 0 bridgehead atoms. The Morgan fingerprint density at radius 1 is 1.04 bits per heavy atom. The lowest BCUT2D eigenvalue weighted by Gasteiger charge is -2.08. The summed E-state index contributed by atoms with van der Waals surface area (Å²) >= 11 is 1.39. The smallest absolute Gasteiger partial charge is 0.274 e. The Morgan fingerprint density at radius 3 is 2.67 bits per heavy atom. The first-order valence-corrected chi connectivity index (χ1v) is 8.12. The largest absolute Gasteiger partial charge is 0.481 e. The van der Waals surface area contributed by atoms with Gasteiger partial charge in [0.2, 0.25) is 5.88 Å². The standard InChI is InChI=1S/C18H13N3O2S/c1-23-16-9-8-12(11-20-16)13-6-4-10-19-17(13)21-18(22)14-5-2-3-7-15(14)24-21/h2-11H,1H3. The summed E-state index contributed by atoms with van der Waals surface area (Å²) in [5, 5.41) is 0.701. The Kier molecular flexibility index (Phi) is 3.59. The Balaban J connectivity index is 1.92. The zero-order valence-electron chi connectivity index (χ0n) is 12.8. The minimum atomic E-state index is -0.0583. The molecule has 4 rings (SSSR count). The van der Waals surface area contributed by atoms with E-state index in [0.29, 0.717) is 17.1 Å². The fourth-order valence-electron chi connectivity index (χ4n) is 2.56. The maximum absolute atomic E-state index is 12.7. The lowest BCUT2D eigenvalue weighted by atomic mass is 10.1. The number of methoxy groups -OCH3 is 1. The quantitative estimate of drug-likeness (QED) is 0.575. The molecule has 4 aromatic rings. The average molecular weight is 335 g/mol. The summed E-state index contributed by atoms with van der Waals surface area (Å²) in [4.78, 5) is 21.4. The summed E-state index contributed by atoms with van der Waals surface area (Å²) < 4.78 is 7.67. The molecule has 0 saturated heterocycles. The molecule has 0 atom stereocenters. The van der Waals surface area contributed by atoms with E-state index in [0.717, 1.165) is 15.8 Å². The Bertz CT molecular complexity index is 1070. The van der Waals surface area contributed by atoms with Crippen molar-refractivity contribution in [3.8, 4) is 22.8 Å². The molecule has 0 spiro atoms. The molecule has 0 N–H and O–H groups in total. The first-order chi connectivity index (χ1) is 11.8. The molecule has 0 radical (unpaired) electrons. The summed E-state index contributed by atoms with van der Waals surface area (Å²) in [6.45, 7) is 0. The third-order valence-electron chi connectivity index (χ3n) is 3.73. The number of ether oxygens (including phenoxy) is 1. The van der Waals surface area contributed by atoms with Crippen LogP contribution in [0.4, 0.5) is 0 Å². The highest BCUT2D eigenvalue weighted by Crippen LogP contribution is 2.27. The minimum Gasteiger partial charge on any atom is -0.481 e. The second kappa shape index (κ2) is 5.90. The highest BCUT2D eigenvalue weighted by atomic mass is 32.1. The SMILES string of the molecule is COc1ccc(-c2cccnc2-n2sc3ccccc3c2=O)cn1. The van der Waals surface area contributed by atoms with Gasteiger partial charge in [-0.15, -0.1) is 0 Å². The number of hydrogen-bond donors (Lipinski definition) is 0. The fraction of sp³-hybridized carbons (Fsp3) is 0.0556. The van der Waals surface area contributed by atoms with Gasteiger partial charge < -0.3 is 4.74 Å². The second-order valence-electron chi connectivity index (χ2n) is 5.15. The van der Waals surface area contributed by atoms with E-state index in [2.05, 4.69) is 9.97 Å². The maximum atomic E-state index is 12.7. The van der Waals surface area contributed by atoms with Crippen LogP contribution in [-0.2, 0) is 0 Å².